The van der Waals surface area contributed by atoms with E-state index in [9.17, 15) is 9.59 Å². The van der Waals surface area contributed by atoms with Gasteiger partial charge in [0.05, 0.1) is 32.0 Å². The molecule has 0 saturated carbocycles. The van der Waals surface area contributed by atoms with Crippen LogP contribution < -0.4 is 4.74 Å². The van der Waals surface area contributed by atoms with Gasteiger partial charge < -0.3 is 9.47 Å². The Labute approximate surface area is 201 Å². The predicted octanol–water partition coefficient (Wildman–Crippen LogP) is 4.10. The summed E-state index contributed by atoms with van der Waals surface area (Å²) in [6.45, 7) is 5.06. The molecule has 2 aliphatic rings. The van der Waals surface area contributed by atoms with E-state index in [-0.39, 0.29) is 30.5 Å². The highest BCUT2D eigenvalue weighted by Crippen LogP contribution is 2.35. The average molecular weight is 464 g/mol. The van der Waals surface area contributed by atoms with Crippen molar-refractivity contribution in [3.05, 3.63) is 65.2 Å². The number of ether oxygens (including phenoxy) is 2. The minimum atomic E-state index is -0.373. The Balaban J connectivity index is 1.60. The van der Waals surface area contributed by atoms with Crippen LogP contribution in [0.3, 0.4) is 0 Å². The third-order valence-corrected chi connectivity index (χ3v) is 6.65. The van der Waals surface area contributed by atoms with Gasteiger partial charge in [-0.1, -0.05) is 30.7 Å². The maximum absolute atomic E-state index is 13.6. The van der Waals surface area contributed by atoms with Crippen molar-refractivity contribution in [1.29, 1.82) is 0 Å². The molecule has 7 nitrogen and oxygen atoms in total. The minimum absolute atomic E-state index is 0.104. The summed E-state index contributed by atoms with van der Waals surface area (Å²) in [5, 5.41) is 6.42. The average Bonchev–Trinajstić information content (AvgIpc) is 3.30. The van der Waals surface area contributed by atoms with Crippen molar-refractivity contribution in [3.63, 3.8) is 0 Å². The molecule has 0 aromatic heterocycles. The fraction of sp³-hybridized carbons (Fsp3) is 0.444. The molecule has 2 heterocycles. The van der Waals surface area contributed by atoms with E-state index >= 15 is 0 Å². The number of aryl methyl sites for hydroxylation is 1. The van der Waals surface area contributed by atoms with E-state index in [0.29, 0.717) is 26.0 Å². The number of hydrogen-bond donors (Lipinski definition) is 0. The molecule has 0 radical (unpaired) electrons. The zero-order valence-corrected chi connectivity index (χ0v) is 20.2. The molecule has 0 unspecified atom stereocenters. The van der Waals surface area contributed by atoms with Crippen molar-refractivity contribution in [1.82, 2.24) is 9.91 Å². The van der Waals surface area contributed by atoms with Crippen molar-refractivity contribution < 1.29 is 19.1 Å². The Morgan fingerprint density at radius 1 is 1.09 bits per heavy atom. The van der Waals surface area contributed by atoms with Crippen LogP contribution in [0.15, 0.2) is 53.6 Å². The lowest BCUT2D eigenvalue weighted by Crippen LogP contribution is -2.49. The number of carbonyl (C=O) groups excluding carboxylic acids is 2. The Morgan fingerprint density at radius 2 is 1.85 bits per heavy atom. The lowest BCUT2D eigenvalue weighted by molar-refractivity contribution is -0.152. The van der Waals surface area contributed by atoms with Crippen LogP contribution in [0.5, 0.6) is 5.75 Å². The summed E-state index contributed by atoms with van der Waals surface area (Å²) < 4.78 is 10.6. The van der Waals surface area contributed by atoms with Crippen molar-refractivity contribution >= 4 is 17.6 Å². The number of hydrazone groups is 1. The quantitative estimate of drug-likeness (QED) is 0.578. The smallest absolute Gasteiger partial charge is 0.323 e. The Morgan fingerprint density at radius 3 is 2.56 bits per heavy atom. The van der Waals surface area contributed by atoms with Crippen molar-refractivity contribution in [2.24, 2.45) is 5.10 Å². The number of piperidine rings is 1. The monoisotopic (exact) mass is 463 g/mol. The molecule has 1 fully saturated rings. The SMILES string of the molecule is CCOC(=O)[C@H]1CCCCN1CC(=O)N1N=C(c2ccc(OC)cc2)C[C@@H]1c1ccccc1C. The normalized spacial score (nSPS) is 20.7. The molecule has 34 heavy (non-hydrogen) atoms. The number of carbonyl (C=O) groups is 2. The third kappa shape index (κ3) is 5.14. The van der Waals surface area contributed by atoms with Gasteiger partial charge in [-0.2, -0.15) is 5.10 Å². The molecule has 180 valence electrons. The maximum atomic E-state index is 13.6. The van der Waals surface area contributed by atoms with E-state index in [4.69, 9.17) is 14.6 Å². The summed E-state index contributed by atoms with van der Waals surface area (Å²) in [5.74, 6) is 0.433. The minimum Gasteiger partial charge on any atom is -0.497 e. The second kappa shape index (κ2) is 10.8. The fourth-order valence-corrected chi connectivity index (χ4v) is 4.83. The van der Waals surface area contributed by atoms with Gasteiger partial charge in [-0.05, 0) is 74.2 Å². The van der Waals surface area contributed by atoms with Gasteiger partial charge in [-0.25, -0.2) is 5.01 Å². The largest absolute Gasteiger partial charge is 0.497 e. The molecule has 0 spiro atoms. The van der Waals surface area contributed by atoms with Gasteiger partial charge in [0, 0.05) is 6.42 Å². The van der Waals surface area contributed by atoms with Gasteiger partial charge in [-0.15, -0.1) is 0 Å². The standard InChI is InChI=1S/C27H33N3O4/c1-4-34-27(32)24-11-7-8-16-29(24)18-26(31)30-25(22-10-6-5-9-19(22)2)17-23(28-30)20-12-14-21(33-3)15-13-20/h5-6,9-10,12-15,24-25H,4,7-8,11,16-18H2,1-3H3/t24-,25-/m1/s1. The van der Waals surface area contributed by atoms with Gasteiger partial charge in [0.2, 0.25) is 0 Å². The first-order valence-electron chi connectivity index (χ1n) is 12.0. The van der Waals surface area contributed by atoms with E-state index in [1.165, 1.54) is 0 Å². The van der Waals surface area contributed by atoms with Crippen LogP contribution in [-0.2, 0) is 14.3 Å². The summed E-state index contributed by atoms with van der Waals surface area (Å²) >= 11 is 0. The number of methoxy groups -OCH3 is 1. The molecule has 2 aromatic carbocycles. The third-order valence-electron chi connectivity index (χ3n) is 6.65. The van der Waals surface area contributed by atoms with Gasteiger partial charge >= 0.3 is 5.97 Å². The summed E-state index contributed by atoms with van der Waals surface area (Å²) in [7, 11) is 1.64. The molecular formula is C27H33N3O4. The highest BCUT2D eigenvalue weighted by atomic mass is 16.5. The van der Waals surface area contributed by atoms with Crippen LogP contribution >= 0.6 is 0 Å². The van der Waals surface area contributed by atoms with Crippen LogP contribution in [0.2, 0.25) is 0 Å². The van der Waals surface area contributed by atoms with Gasteiger partial charge in [0.25, 0.3) is 5.91 Å². The summed E-state index contributed by atoms with van der Waals surface area (Å²) in [4.78, 5) is 28.1. The molecular weight excluding hydrogens is 430 g/mol. The van der Waals surface area contributed by atoms with Gasteiger partial charge in [-0.3, -0.25) is 14.5 Å². The van der Waals surface area contributed by atoms with Gasteiger partial charge in [0.15, 0.2) is 0 Å². The molecule has 1 amide bonds. The molecule has 0 N–H and O–H groups in total. The van der Waals surface area contributed by atoms with E-state index in [1.54, 1.807) is 12.1 Å². The highest BCUT2D eigenvalue weighted by Gasteiger charge is 2.37. The molecule has 0 aliphatic carbocycles. The molecule has 2 aromatic rings. The van der Waals surface area contributed by atoms with Crippen LogP contribution in [0.1, 0.15) is 55.3 Å². The molecule has 7 heteroatoms. The molecule has 0 bridgehead atoms. The van der Waals surface area contributed by atoms with E-state index in [1.807, 2.05) is 48.2 Å². The molecule has 2 aliphatic heterocycles. The Hall–Kier alpha value is -3.19. The van der Waals surface area contributed by atoms with Crippen LogP contribution in [-0.4, -0.2) is 60.3 Å². The van der Waals surface area contributed by atoms with Crippen LogP contribution in [0.4, 0.5) is 0 Å². The zero-order chi connectivity index (χ0) is 24.1. The Kier molecular flexibility index (Phi) is 7.63. The number of likely N-dealkylation sites (tertiary alicyclic amines) is 1. The van der Waals surface area contributed by atoms with Crippen LogP contribution in [0, 0.1) is 6.92 Å². The van der Waals surface area contributed by atoms with E-state index in [0.717, 1.165) is 41.0 Å². The van der Waals surface area contributed by atoms with Gasteiger partial charge in [0.1, 0.15) is 11.8 Å². The second-order valence-electron chi connectivity index (χ2n) is 8.82. The molecule has 2 atom stereocenters. The first kappa shape index (κ1) is 24.0. The van der Waals surface area contributed by atoms with E-state index in [2.05, 4.69) is 19.1 Å². The summed E-state index contributed by atoms with van der Waals surface area (Å²) in [6, 6.07) is 15.3. The predicted molar refractivity (Wildman–Crippen MR) is 131 cm³/mol. The summed E-state index contributed by atoms with van der Waals surface area (Å²) in [6.07, 6.45) is 3.27. The number of nitrogens with zero attached hydrogens (tertiary/aromatic N) is 3. The second-order valence-corrected chi connectivity index (χ2v) is 8.82. The number of benzene rings is 2. The van der Waals surface area contributed by atoms with Crippen molar-refractivity contribution in [3.8, 4) is 5.75 Å². The van der Waals surface area contributed by atoms with E-state index < -0.39 is 0 Å². The fourth-order valence-electron chi connectivity index (χ4n) is 4.83. The number of rotatable bonds is 7. The Bertz CT molecular complexity index is 1050. The summed E-state index contributed by atoms with van der Waals surface area (Å²) in [5.41, 5.74) is 4.05. The van der Waals surface area contributed by atoms with Crippen molar-refractivity contribution in [2.75, 3.05) is 26.8 Å². The molecule has 1 saturated heterocycles. The number of esters is 1. The lowest BCUT2D eigenvalue weighted by Gasteiger charge is -2.34. The maximum Gasteiger partial charge on any atom is 0.323 e. The lowest BCUT2D eigenvalue weighted by atomic mass is 9.95. The topological polar surface area (TPSA) is 71.4 Å². The van der Waals surface area contributed by atoms with Crippen molar-refractivity contribution in [2.45, 2.75) is 51.6 Å². The zero-order valence-electron chi connectivity index (χ0n) is 20.2. The number of hydrogen-bond acceptors (Lipinski definition) is 6. The number of amides is 1. The van der Waals surface area contributed by atoms with Crippen LogP contribution in [0.25, 0.3) is 0 Å². The molecule has 4 rings (SSSR count). The first-order chi connectivity index (χ1) is 16.5. The first-order valence-corrected chi connectivity index (χ1v) is 12.0. The highest BCUT2D eigenvalue weighted by molar-refractivity contribution is 6.03.